The van der Waals surface area contributed by atoms with E-state index in [4.69, 9.17) is 9.47 Å². The lowest BCUT2D eigenvalue weighted by molar-refractivity contribution is -0.153. The number of carbonyl (C=O) groups is 3. The summed E-state index contributed by atoms with van der Waals surface area (Å²) >= 11 is 0. The van der Waals surface area contributed by atoms with Crippen LogP contribution in [-0.4, -0.2) is 48.4 Å². The van der Waals surface area contributed by atoms with Crippen LogP contribution in [0.3, 0.4) is 0 Å². The Labute approximate surface area is 176 Å². The standard InChI is InChI=1S/C23H26N2O5/c1-16-7-6-10-20(17(16)2)29-15-21(26)25-12-11-24-23(28)19(25)13-22(27)30-14-18-8-4-3-5-9-18/h3-10,19H,11-15H2,1-2H3,(H,24,28)/t19-/m0/s1. The molecule has 1 aliphatic heterocycles. The zero-order valence-electron chi connectivity index (χ0n) is 17.2. The van der Waals surface area contributed by atoms with Gasteiger partial charge in [0.05, 0.1) is 6.42 Å². The van der Waals surface area contributed by atoms with Crippen LogP contribution in [0, 0.1) is 13.8 Å². The van der Waals surface area contributed by atoms with E-state index in [1.54, 1.807) is 6.07 Å². The molecule has 2 aromatic rings. The van der Waals surface area contributed by atoms with E-state index in [0.717, 1.165) is 16.7 Å². The fourth-order valence-corrected chi connectivity index (χ4v) is 3.27. The Morgan fingerprint density at radius 3 is 2.63 bits per heavy atom. The minimum absolute atomic E-state index is 0.123. The Morgan fingerprint density at radius 2 is 1.87 bits per heavy atom. The van der Waals surface area contributed by atoms with Crippen LogP contribution in [0.2, 0.25) is 0 Å². The fraction of sp³-hybridized carbons (Fsp3) is 0.348. The number of piperazine rings is 1. The summed E-state index contributed by atoms with van der Waals surface area (Å²) in [6, 6.07) is 14.0. The maximum absolute atomic E-state index is 12.8. The lowest BCUT2D eigenvalue weighted by Crippen LogP contribution is -2.58. The summed E-state index contributed by atoms with van der Waals surface area (Å²) in [6.45, 7) is 4.47. The number of ether oxygens (including phenoxy) is 2. The Hall–Kier alpha value is -3.35. The lowest BCUT2D eigenvalue weighted by atomic mass is 10.1. The SMILES string of the molecule is Cc1cccc(OCC(=O)N2CCNC(=O)[C@@H]2CC(=O)OCc2ccccc2)c1C. The molecule has 0 radical (unpaired) electrons. The molecule has 0 aliphatic carbocycles. The molecular formula is C23H26N2O5. The van der Waals surface area contributed by atoms with E-state index >= 15 is 0 Å². The number of amides is 2. The quantitative estimate of drug-likeness (QED) is 0.707. The van der Waals surface area contributed by atoms with Crippen molar-refractivity contribution in [1.29, 1.82) is 0 Å². The summed E-state index contributed by atoms with van der Waals surface area (Å²) in [6.07, 6.45) is -0.201. The molecule has 1 heterocycles. The van der Waals surface area contributed by atoms with Gasteiger partial charge in [-0.25, -0.2) is 0 Å². The summed E-state index contributed by atoms with van der Waals surface area (Å²) in [5, 5.41) is 2.71. The zero-order chi connectivity index (χ0) is 21.5. The second-order valence-electron chi connectivity index (χ2n) is 7.23. The fourth-order valence-electron chi connectivity index (χ4n) is 3.27. The number of nitrogens with one attached hydrogen (secondary N) is 1. The molecule has 0 spiro atoms. The third-order valence-corrected chi connectivity index (χ3v) is 5.16. The second kappa shape index (κ2) is 9.91. The summed E-state index contributed by atoms with van der Waals surface area (Å²) in [5.41, 5.74) is 2.88. The number of aryl methyl sites for hydroxylation is 1. The first kappa shape index (κ1) is 21.4. The summed E-state index contributed by atoms with van der Waals surface area (Å²) in [4.78, 5) is 38.8. The molecule has 1 aliphatic rings. The second-order valence-corrected chi connectivity index (χ2v) is 7.23. The number of carbonyl (C=O) groups excluding carboxylic acids is 3. The van der Waals surface area contributed by atoms with Gasteiger partial charge >= 0.3 is 5.97 Å². The predicted octanol–water partition coefficient (Wildman–Crippen LogP) is 2.14. The largest absolute Gasteiger partial charge is 0.483 e. The highest BCUT2D eigenvalue weighted by molar-refractivity contribution is 5.92. The average molecular weight is 410 g/mol. The molecule has 3 rings (SSSR count). The number of hydrogen-bond acceptors (Lipinski definition) is 5. The number of nitrogens with zero attached hydrogens (tertiary/aromatic N) is 1. The Bertz CT molecular complexity index is 913. The van der Waals surface area contributed by atoms with Crippen molar-refractivity contribution in [1.82, 2.24) is 10.2 Å². The van der Waals surface area contributed by atoms with E-state index in [1.807, 2.05) is 56.3 Å². The van der Waals surface area contributed by atoms with Gasteiger partial charge in [-0.1, -0.05) is 42.5 Å². The van der Waals surface area contributed by atoms with Gasteiger partial charge in [0, 0.05) is 13.1 Å². The first-order valence-electron chi connectivity index (χ1n) is 9.91. The molecule has 0 aromatic heterocycles. The highest BCUT2D eigenvalue weighted by atomic mass is 16.5. The van der Waals surface area contributed by atoms with Crippen molar-refractivity contribution < 1.29 is 23.9 Å². The van der Waals surface area contributed by atoms with E-state index in [0.29, 0.717) is 18.8 Å². The number of rotatable bonds is 7. The van der Waals surface area contributed by atoms with Crippen LogP contribution in [0.4, 0.5) is 0 Å². The Kier molecular flexibility index (Phi) is 7.06. The van der Waals surface area contributed by atoms with Gasteiger partial charge in [0.25, 0.3) is 5.91 Å². The summed E-state index contributed by atoms with van der Waals surface area (Å²) in [7, 11) is 0. The van der Waals surface area contributed by atoms with Gasteiger partial charge in [0.2, 0.25) is 5.91 Å². The molecule has 30 heavy (non-hydrogen) atoms. The van der Waals surface area contributed by atoms with Crippen molar-refractivity contribution in [3.63, 3.8) is 0 Å². The molecule has 0 bridgehead atoms. The summed E-state index contributed by atoms with van der Waals surface area (Å²) < 4.78 is 11.0. The molecule has 0 saturated carbocycles. The van der Waals surface area contributed by atoms with Crippen molar-refractivity contribution in [3.8, 4) is 5.75 Å². The van der Waals surface area contributed by atoms with Gasteiger partial charge < -0.3 is 19.7 Å². The van der Waals surface area contributed by atoms with E-state index in [1.165, 1.54) is 4.90 Å². The monoisotopic (exact) mass is 410 g/mol. The first-order chi connectivity index (χ1) is 14.5. The maximum Gasteiger partial charge on any atom is 0.308 e. The van der Waals surface area contributed by atoms with E-state index in [-0.39, 0.29) is 31.4 Å². The molecule has 158 valence electrons. The van der Waals surface area contributed by atoms with Gasteiger partial charge in [-0.05, 0) is 36.6 Å². The molecule has 1 fully saturated rings. The smallest absolute Gasteiger partial charge is 0.308 e. The van der Waals surface area contributed by atoms with Crippen LogP contribution in [0.5, 0.6) is 5.75 Å². The molecular weight excluding hydrogens is 384 g/mol. The molecule has 1 saturated heterocycles. The first-order valence-corrected chi connectivity index (χ1v) is 9.91. The zero-order valence-corrected chi connectivity index (χ0v) is 17.2. The third kappa shape index (κ3) is 5.37. The van der Waals surface area contributed by atoms with Gasteiger partial charge in [-0.3, -0.25) is 14.4 Å². The van der Waals surface area contributed by atoms with Gasteiger partial charge in [0.15, 0.2) is 6.61 Å². The third-order valence-electron chi connectivity index (χ3n) is 5.16. The highest BCUT2D eigenvalue weighted by Gasteiger charge is 2.35. The molecule has 1 atom stereocenters. The van der Waals surface area contributed by atoms with Gasteiger partial charge in [-0.15, -0.1) is 0 Å². The van der Waals surface area contributed by atoms with Crippen molar-refractivity contribution >= 4 is 17.8 Å². The van der Waals surface area contributed by atoms with Crippen LogP contribution in [0.1, 0.15) is 23.1 Å². The van der Waals surface area contributed by atoms with Crippen LogP contribution in [0.25, 0.3) is 0 Å². The number of hydrogen-bond donors (Lipinski definition) is 1. The normalized spacial score (nSPS) is 16.0. The molecule has 7 heteroatoms. The van der Waals surface area contributed by atoms with Gasteiger partial charge in [0.1, 0.15) is 18.4 Å². The van der Waals surface area contributed by atoms with E-state index in [2.05, 4.69) is 5.32 Å². The van der Waals surface area contributed by atoms with Crippen molar-refractivity contribution in [2.45, 2.75) is 32.9 Å². The van der Waals surface area contributed by atoms with Crippen LogP contribution >= 0.6 is 0 Å². The molecule has 1 N–H and O–H groups in total. The van der Waals surface area contributed by atoms with Crippen molar-refractivity contribution in [2.75, 3.05) is 19.7 Å². The summed E-state index contributed by atoms with van der Waals surface area (Å²) in [5.74, 6) is -0.609. The molecule has 2 aromatic carbocycles. The van der Waals surface area contributed by atoms with Crippen molar-refractivity contribution in [2.24, 2.45) is 0 Å². The lowest BCUT2D eigenvalue weighted by Gasteiger charge is -2.34. The topological polar surface area (TPSA) is 84.9 Å². The predicted molar refractivity (Wildman–Crippen MR) is 111 cm³/mol. The minimum Gasteiger partial charge on any atom is -0.483 e. The van der Waals surface area contributed by atoms with Crippen LogP contribution in [0.15, 0.2) is 48.5 Å². The number of esters is 1. The van der Waals surface area contributed by atoms with Crippen LogP contribution in [-0.2, 0) is 25.7 Å². The Morgan fingerprint density at radius 1 is 1.10 bits per heavy atom. The molecule has 0 unspecified atom stereocenters. The van der Waals surface area contributed by atoms with E-state index < -0.39 is 12.0 Å². The number of benzene rings is 2. The van der Waals surface area contributed by atoms with E-state index in [9.17, 15) is 14.4 Å². The van der Waals surface area contributed by atoms with Crippen LogP contribution < -0.4 is 10.1 Å². The van der Waals surface area contributed by atoms with Crippen molar-refractivity contribution in [3.05, 3.63) is 65.2 Å². The molecule has 2 amide bonds. The average Bonchev–Trinajstić information content (AvgIpc) is 2.75. The molecule has 7 nitrogen and oxygen atoms in total. The minimum atomic E-state index is -0.906. The highest BCUT2D eigenvalue weighted by Crippen LogP contribution is 2.21. The Balaban J connectivity index is 1.59. The van der Waals surface area contributed by atoms with Gasteiger partial charge in [-0.2, -0.15) is 0 Å². The maximum atomic E-state index is 12.8.